The molecule has 0 heterocycles. The average molecular weight is 188 g/mol. The molecule has 1 aromatic carbocycles. The summed E-state index contributed by atoms with van der Waals surface area (Å²) in [6.45, 7) is 3.72. The Morgan fingerprint density at radius 3 is 2.62 bits per heavy atom. The first kappa shape index (κ1) is 10.3. The average Bonchev–Trinajstić information content (AvgIpc) is 2.19. The molecule has 13 heavy (non-hydrogen) atoms. The Labute approximate surface area is 83.5 Å². The maximum atomic E-state index is 3.72. The second-order valence-electron chi connectivity index (χ2n) is 3.08. The van der Waals surface area contributed by atoms with E-state index in [1.54, 1.807) is 0 Å². The molecule has 0 aliphatic carbocycles. The van der Waals surface area contributed by atoms with Crippen LogP contribution in [-0.2, 0) is 0 Å². The van der Waals surface area contributed by atoms with Gasteiger partial charge in [-0.1, -0.05) is 60.5 Å². The lowest BCUT2D eigenvalue weighted by atomic mass is 10.2. The lowest BCUT2D eigenvalue weighted by Gasteiger charge is -1.98. The number of allylic oxidation sites excluding steroid dienone is 1. The van der Waals surface area contributed by atoms with Crippen molar-refractivity contribution in [3.63, 3.8) is 0 Å². The topological polar surface area (TPSA) is 0 Å². The van der Waals surface area contributed by atoms with Crippen molar-refractivity contribution in [1.29, 1.82) is 0 Å². The van der Waals surface area contributed by atoms with Crippen LogP contribution in [0.3, 0.4) is 0 Å². The molecule has 0 aromatic heterocycles. The molecule has 0 aliphatic rings. The van der Waals surface area contributed by atoms with E-state index in [9.17, 15) is 0 Å². The van der Waals surface area contributed by atoms with Crippen molar-refractivity contribution in [2.24, 2.45) is 0 Å². The maximum absolute atomic E-state index is 3.72. The van der Waals surface area contributed by atoms with Crippen molar-refractivity contribution in [2.75, 3.05) is 0 Å². The van der Waals surface area contributed by atoms with Crippen LogP contribution in [0.5, 0.6) is 0 Å². The summed E-state index contributed by atoms with van der Waals surface area (Å²) in [5.41, 5.74) is 0. The lowest BCUT2D eigenvalue weighted by Crippen LogP contribution is -2.12. The van der Waals surface area contributed by atoms with Gasteiger partial charge in [0, 0.05) is 0 Å². The Bertz CT molecular complexity index is 228. The Morgan fingerprint density at radius 2 is 1.92 bits per heavy atom. The number of benzene rings is 1. The highest BCUT2D eigenvalue weighted by Crippen LogP contribution is 1.99. The van der Waals surface area contributed by atoms with Crippen LogP contribution < -0.4 is 5.19 Å². The van der Waals surface area contributed by atoms with E-state index in [1.807, 2.05) is 6.08 Å². The molecule has 0 nitrogen and oxygen atoms in total. The third-order valence-electron chi connectivity index (χ3n) is 1.94. The van der Waals surface area contributed by atoms with Crippen LogP contribution in [0, 0.1) is 0 Å². The minimum Gasteiger partial charge on any atom is -0.103 e. The monoisotopic (exact) mass is 188 g/mol. The first-order valence-corrected chi connectivity index (χ1v) is 6.04. The van der Waals surface area contributed by atoms with Crippen LogP contribution in [0.1, 0.15) is 19.3 Å². The molecule has 1 aromatic rings. The highest BCUT2D eigenvalue weighted by molar-refractivity contribution is 6.53. The lowest BCUT2D eigenvalue weighted by molar-refractivity contribution is 0.813. The van der Waals surface area contributed by atoms with Gasteiger partial charge in [0.2, 0.25) is 0 Å². The quantitative estimate of drug-likeness (QED) is 0.366. The van der Waals surface area contributed by atoms with Gasteiger partial charge in [-0.3, -0.25) is 0 Å². The molecule has 2 radical (unpaired) electrons. The summed E-state index contributed by atoms with van der Waals surface area (Å²) in [4.78, 5) is 0. The number of rotatable bonds is 6. The fourth-order valence-corrected chi connectivity index (χ4v) is 2.35. The first-order valence-electron chi connectivity index (χ1n) is 4.83. The molecule has 1 heteroatoms. The van der Waals surface area contributed by atoms with Gasteiger partial charge in [-0.15, -0.1) is 6.58 Å². The summed E-state index contributed by atoms with van der Waals surface area (Å²) in [6.07, 6.45) is 5.80. The van der Waals surface area contributed by atoms with Crippen LogP contribution >= 0.6 is 0 Å². The van der Waals surface area contributed by atoms with Crippen LogP contribution in [0.15, 0.2) is 43.0 Å². The molecule has 0 atom stereocenters. The summed E-state index contributed by atoms with van der Waals surface area (Å²) in [5, 5.41) is 1.49. The molecule has 68 valence electrons. The second kappa shape index (κ2) is 6.67. The molecule has 0 fully saturated rings. The van der Waals surface area contributed by atoms with Crippen molar-refractivity contribution < 1.29 is 0 Å². The summed E-state index contributed by atoms with van der Waals surface area (Å²) >= 11 is 0. The van der Waals surface area contributed by atoms with Gasteiger partial charge in [-0.25, -0.2) is 0 Å². The second-order valence-corrected chi connectivity index (χ2v) is 4.51. The van der Waals surface area contributed by atoms with E-state index in [-0.39, 0.29) is 0 Å². The highest BCUT2D eigenvalue weighted by Gasteiger charge is 1.92. The first-order chi connectivity index (χ1) is 6.43. The zero-order valence-electron chi connectivity index (χ0n) is 8.00. The molecule has 0 saturated heterocycles. The third kappa shape index (κ3) is 4.68. The largest absolute Gasteiger partial charge is 0.103 e. The van der Waals surface area contributed by atoms with Crippen molar-refractivity contribution in [2.45, 2.75) is 25.3 Å². The van der Waals surface area contributed by atoms with Crippen LogP contribution in [0.25, 0.3) is 0 Å². The van der Waals surface area contributed by atoms with E-state index in [4.69, 9.17) is 0 Å². The smallest absolute Gasteiger partial charge is 0.0807 e. The van der Waals surface area contributed by atoms with E-state index in [0.29, 0.717) is 0 Å². The Kier molecular flexibility index (Phi) is 5.26. The normalized spacial score (nSPS) is 9.85. The molecule has 0 bridgehead atoms. The van der Waals surface area contributed by atoms with E-state index >= 15 is 0 Å². The Balaban J connectivity index is 2.10. The summed E-state index contributed by atoms with van der Waals surface area (Å²) in [7, 11) is 0.981. The van der Waals surface area contributed by atoms with Gasteiger partial charge in [0.05, 0.1) is 9.52 Å². The zero-order valence-corrected chi connectivity index (χ0v) is 9.00. The van der Waals surface area contributed by atoms with Gasteiger partial charge in [0.1, 0.15) is 0 Å². The van der Waals surface area contributed by atoms with Gasteiger partial charge in [-0.2, -0.15) is 0 Å². The van der Waals surface area contributed by atoms with Crippen LogP contribution in [-0.4, -0.2) is 9.52 Å². The molecule has 0 amide bonds. The molecular formula is C12H16Si. The number of hydrogen-bond donors (Lipinski definition) is 0. The summed E-state index contributed by atoms with van der Waals surface area (Å²) < 4.78 is 0. The van der Waals surface area contributed by atoms with E-state index < -0.39 is 0 Å². The minimum absolute atomic E-state index is 0.981. The molecule has 0 saturated carbocycles. The standard InChI is InChI=1S/C12H16Si/c1-2-3-4-8-11-13-12-9-6-5-7-10-12/h2,5-7,9-10H,1,3-4,8,11H2. The van der Waals surface area contributed by atoms with Gasteiger partial charge in [0.15, 0.2) is 0 Å². The zero-order chi connectivity index (χ0) is 9.36. The van der Waals surface area contributed by atoms with E-state index in [1.165, 1.54) is 30.5 Å². The summed E-state index contributed by atoms with van der Waals surface area (Å²) in [6, 6.07) is 12.1. The fourth-order valence-electron chi connectivity index (χ4n) is 1.20. The fraction of sp³-hybridized carbons (Fsp3) is 0.333. The van der Waals surface area contributed by atoms with Gasteiger partial charge < -0.3 is 0 Å². The predicted molar refractivity (Wildman–Crippen MR) is 60.7 cm³/mol. The van der Waals surface area contributed by atoms with Crippen molar-refractivity contribution in [3.8, 4) is 0 Å². The van der Waals surface area contributed by atoms with Crippen LogP contribution in [0.4, 0.5) is 0 Å². The number of hydrogen-bond acceptors (Lipinski definition) is 0. The van der Waals surface area contributed by atoms with E-state index in [2.05, 4.69) is 36.9 Å². The van der Waals surface area contributed by atoms with E-state index in [0.717, 1.165) is 9.52 Å². The van der Waals surface area contributed by atoms with Crippen molar-refractivity contribution in [3.05, 3.63) is 43.0 Å². The molecule has 0 spiro atoms. The van der Waals surface area contributed by atoms with Crippen molar-refractivity contribution >= 4 is 14.7 Å². The van der Waals surface area contributed by atoms with Gasteiger partial charge in [-0.05, 0) is 6.42 Å². The van der Waals surface area contributed by atoms with Gasteiger partial charge >= 0.3 is 0 Å². The maximum Gasteiger partial charge on any atom is 0.0807 e. The summed E-state index contributed by atoms with van der Waals surface area (Å²) in [5.74, 6) is 0. The number of unbranched alkanes of at least 4 members (excludes halogenated alkanes) is 2. The predicted octanol–water partition coefficient (Wildman–Crippen LogP) is 2.79. The molecule has 0 N–H and O–H groups in total. The Hall–Kier alpha value is -0.823. The highest BCUT2D eigenvalue weighted by atomic mass is 28.2. The molecular weight excluding hydrogens is 172 g/mol. The Morgan fingerprint density at radius 1 is 1.15 bits per heavy atom. The van der Waals surface area contributed by atoms with Gasteiger partial charge in [0.25, 0.3) is 0 Å². The third-order valence-corrected chi connectivity index (χ3v) is 3.28. The minimum atomic E-state index is 0.981. The van der Waals surface area contributed by atoms with Crippen LogP contribution in [0.2, 0.25) is 6.04 Å². The molecule has 1 rings (SSSR count). The molecule has 0 aliphatic heterocycles. The van der Waals surface area contributed by atoms with Crippen molar-refractivity contribution in [1.82, 2.24) is 0 Å². The SMILES string of the molecule is C=CCCCC[Si]c1ccccc1. The molecule has 0 unspecified atom stereocenters.